The van der Waals surface area contributed by atoms with E-state index in [-0.39, 0.29) is 5.03 Å². The van der Waals surface area contributed by atoms with Crippen molar-refractivity contribution in [2.45, 2.75) is 37.8 Å². The number of hydrogen-bond acceptors (Lipinski definition) is 4. The Kier molecular flexibility index (Phi) is 4.27. The highest BCUT2D eigenvalue weighted by Gasteiger charge is 2.31. The van der Waals surface area contributed by atoms with Gasteiger partial charge in [-0.25, -0.2) is 13.4 Å². The van der Waals surface area contributed by atoms with Crippen molar-refractivity contribution in [3.8, 4) is 0 Å². The summed E-state index contributed by atoms with van der Waals surface area (Å²) in [7, 11) is -1.46. The molecule has 1 aromatic heterocycles. The van der Waals surface area contributed by atoms with E-state index in [0.29, 0.717) is 30.9 Å². The molecular weight excluding hydrogens is 264 g/mol. The summed E-state index contributed by atoms with van der Waals surface area (Å²) in [5, 5.41) is 3.44. The molecule has 0 spiro atoms. The van der Waals surface area contributed by atoms with Crippen molar-refractivity contribution in [3.63, 3.8) is 0 Å². The van der Waals surface area contributed by atoms with Crippen molar-refractivity contribution in [1.82, 2.24) is 19.6 Å². The van der Waals surface area contributed by atoms with E-state index >= 15 is 0 Å². The second-order valence-electron chi connectivity index (χ2n) is 5.15. The maximum absolute atomic E-state index is 12.4. The number of aromatic amines is 1. The van der Waals surface area contributed by atoms with E-state index in [4.69, 9.17) is 0 Å². The van der Waals surface area contributed by atoms with Crippen LogP contribution in [0.4, 0.5) is 0 Å². The van der Waals surface area contributed by atoms with E-state index in [1.807, 2.05) is 7.05 Å². The predicted octanol–water partition coefficient (Wildman–Crippen LogP) is 0.727. The Bertz CT molecular complexity index is 518. The lowest BCUT2D eigenvalue weighted by molar-refractivity contribution is 0.236. The highest BCUT2D eigenvalue weighted by Crippen LogP contribution is 2.24. The van der Waals surface area contributed by atoms with E-state index in [1.165, 1.54) is 6.20 Å². The van der Waals surface area contributed by atoms with Gasteiger partial charge in [-0.2, -0.15) is 4.31 Å². The summed E-state index contributed by atoms with van der Waals surface area (Å²) in [4.78, 5) is 6.77. The van der Waals surface area contributed by atoms with Gasteiger partial charge in [0.05, 0.1) is 6.20 Å². The molecule has 108 valence electrons. The first-order chi connectivity index (χ1) is 8.95. The van der Waals surface area contributed by atoms with Crippen LogP contribution in [0.3, 0.4) is 0 Å². The molecule has 0 aliphatic carbocycles. The van der Waals surface area contributed by atoms with E-state index in [0.717, 1.165) is 12.8 Å². The molecule has 1 atom stereocenters. The summed E-state index contributed by atoms with van der Waals surface area (Å²) >= 11 is 0. The van der Waals surface area contributed by atoms with Crippen molar-refractivity contribution >= 4 is 10.0 Å². The lowest BCUT2D eigenvalue weighted by Crippen LogP contribution is -2.43. The van der Waals surface area contributed by atoms with Crippen LogP contribution in [-0.2, 0) is 10.0 Å². The first-order valence-corrected chi connectivity index (χ1v) is 8.08. The molecule has 19 heavy (non-hydrogen) atoms. The maximum Gasteiger partial charge on any atom is 0.260 e. The summed E-state index contributed by atoms with van der Waals surface area (Å²) < 4.78 is 26.3. The molecule has 6 nitrogen and oxygen atoms in total. The molecule has 0 aromatic carbocycles. The third-order valence-corrected chi connectivity index (χ3v) is 5.77. The first kappa shape index (κ1) is 14.5. The molecule has 0 amide bonds. The molecule has 1 aliphatic rings. The van der Waals surface area contributed by atoms with Crippen molar-refractivity contribution < 1.29 is 8.42 Å². The number of sulfonamides is 1. The fourth-order valence-electron chi connectivity index (χ4n) is 2.52. The Hall–Kier alpha value is -0.920. The normalized spacial score (nSPS) is 20.6. The molecular formula is C12H22N4O2S. The van der Waals surface area contributed by atoms with Gasteiger partial charge in [-0.15, -0.1) is 0 Å². The Labute approximate surface area is 114 Å². The fourth-order valence-corrected chi connectivity index (χ4v) is 3.95. The van der Waals surface area contributed by atoms with Gasteiger partial charge in [-0.3, -0.25) is 0 Å². The zero-order valence-corrected chi connectivity index (χ0v) is 12.5. The molecule has 7 heteroatoms. The Morgan fingerprint density at radius 3 is 2.58 bits per heavy atom. The molecule has 0 saturated carbocycles. The zero-order valence-electron chi connectivity index (χ0n) is 11.7. The van der Waals surface area contributed by atoms with Gasteiger partial charge in [0, 0.05) is 19.1 Å². The Balaban J connectivity index is 2.05. The molecule has 1 aliphatic heterocycles. The summed E-state index contributed by atoms with van der Waals surface area (Å²) in [5.41, 5.74) is 0. The van der Waals surface area contributed by atoms with Crippen molar-refractivity contribution in [3.05, 3.63) is 12.0 Å². The fraction of sp³-hybridized carbons (Fsp3) is 0.750. The standard InChI is InChI=1S/C12H22N4O2S/c1-9(13-3)11-4-6-16(7-5-11)19(17,18)12-8-14-10(2)15-12/h8-9,11,13H,4-7H2,1-3H3,(H,14,15). The van der Waals surface area contributed by atoms with Crippen LogP contribution in [0.25, 0.3) is 0 Å². The van der Waals surface area contributed by atoms with Crippen LogP contribution in [-0.4, -0.2) is 48.9 Å². The summed E-state index contributed by atoms with van der Waals surface area (Å²) in [6.45, 7) is 5.06. The minimum atomic E-state index is -3.40. The Morgan fingerprint density at radius 2 is 2.11 bits per heavy atom. The van der Waals surface area contributed by atoms with Gasteiger partial charge in [-0.1, -0.05) is 0 Å². The van der Waals surface area contributed by atoms with Gasteiger partial charge in [0.2, 0.25) is 0 Å². The monoisotopic (exact) mass is 286 g/mol. The molecule has 1 saturated heterocycles. The molecule has 1 unspecified atom stereocenters. The number of rotatable bonds is 4. The smallest absolute Gasteiger partial charge is 0.260 e. The lowest BCUT2D eigenvalue weighted by Gasteiger charge is -2.33. The minimum absolute atomic E-state index is 0.199. The van der Waals surface area contributed by atoms with Crippen LogP contribution in [0, 0.1) is 12.8 Å². The Morgan fingerprint density at radius 1 is 1.47 bits per heavy atom. The lowest BCUT2D eigenvalue weighted by atomic mass is 9.91. The van der Waals surface area contributed by atoms with Crippen LogP contribution in [0.5, 0.6) is 0 Å². The van der Waals surface area contributed by atoms with Crippen LogP contribution >= 0.6 is 0 Å². The summed E-state index contributed by atoms with van der Waals surface area (Å²) in [5.74, 6) is 1.16. The van der Waals surface area contributed by atoms with E-state index in [9.17, 15) is 8.42 Å². The van der Waals surface area contributed by atoms with Crippen molar-refractivity contribution in [2.75, 3.05) is 20.1 Å². The third-order valence-electron chi connectivity index (χ3n) is 3.96. The second-order valence-corrected chi connectivity index (χ2v) is 7.06. The van der Waals surface area contributed by atoms with Gasteiger partial charge in [0.15, 0.2) is 5.03 Å². The largest absolute Gasteiger partial charge is 0.332 e. The topological polar surface area (TPSA) is 78.1 Å². The number of H-pyrrole nitrogens is 1. The van der Waals surface area contributed by atoms with Crippen LogP contribution < -0.4 is 5.32 Å². The average Bonchev–Trinajstić information content (AvgIpc) is 2.85. The quantitative estimate of drug-likeness (QED) is 0.855. The van der Waals surface area contributed by atoms with Gasteiger partial charge < -0.3 is 10.3 Å². The highest BCUT2D eigenvalue weighted by atomic mass is 32.2. The van der Waals surface area contributed by atoms with Gasteiger partial charge in [0.1, 0.15) is 5.82 Å². The van der Waals surface area contributed by atoms with E-state index in [2.05, 4.69) is 22.2 Å². The van der Waals surface area contributed by atoms with E-state index < -0.39 is 10.0 Å². The van der Waals surface area contributed by atoms with Crippen LogP contribution in [0.15, 0.2) is 11.2 Å². The molecule has 0 radical (unpaired) electrons. The number of aryl methyl sites for hydroxylation is 1. The van der Waals surface area contributed by atoms with Gasteiger partial charge in [-0.05, 0) is 39.7 Å². The number of imidazole rings is 1. The molecule has 2 heterocycles. The molecule has 1 aromatic rings. The molecule has 0 bridgehead atoms. The van der Waals surface area contributed by atoms with E-state index in [1.54, 1.807) is 11.2 Å². The number of nitrogens with one attached hydrogen (secondary N) is 2. The minimum Gasteiger partial charge on any atom is -0.332 e. The summed E-state index contributed by atoms with van der Waals surface area (Å²) in [6, 6.07) is 0.430. The molecule has 2 rings (SSSR count). The van der Waals surface area contributed by atoms with Crippen molar-refractivity contribution in [1.29, 1.82) is 0 Å². The van der Waals surface area contributed by atoms with Gasteiger partial charge >= 0.3 is 0 Å². The molecule has 2 N–H and O–H groups in total. The predicted molar refractivity (Wildman–Crippen MR) is 73.3 cm³/mol. The number of hydrogen-bond donors (Lipinski definition) is 2. The number of nitrogens with zero attached hydrogens (tertiary/aromatic N) is 2. The average molecular weight is 286 g/mol. The highest BCUT2D eigenvalue weighted by molar-refractivity contribution is 7.89. The third kappa shape index (κ3) is 2.98. The maximum atomic E-state index is 12.4. The van der Waals surface area contributed by atoms with Crippen LogP contribution in [0.1, 0.15) is 25.6 Å². The van der Waals surface area contributed by atoms with Crippen LogP contribution in [0.2, 0.25) is 0 Å². The summed E-state index contributed by atoms with van der Waals surface area (Å²) in [6.07, 6.45) is 3.19. The number of aromatic nitrogens is 2. The van der Waals surface area contributed by atoms with Crippen molar-refractivity contribution in [2.24, 2.45) is 5.92 Å². The zero-order chi connectivity index (χ0) is 14.0. The first-order valence-electron chi connectivity index (χ1n) is 6.64. The molecule has 1 fully saturated rings. The van der Waals surface area contributed by atoms with Gasteiger partial charge in [0.25, 0.3) is 10.0 Å². The number of piperidine rings is 1. The second kappa shape index (κ2) is 5.60. The SMILES string of the molecule is CNC(C)C1CCN(S(=O)(=O)c2cnc(C)[nH]2)CC1.